The summed E-state index contributed by atoms with van der Waals surface area (Å²) in [5, 5.41) is 4.49. The van der Waals surface area contributed by atoms with Crippen LogP contribution in [0.5, 0.6) is 0 Å². The van der Waals surface area contributed by atoms with Crippen molar-refractivity contribution in [3.8, 4) is 0 Å². The molecule has 0 spiro atoms. The van der Waals surface area contributed by atoms with Gasteiger partial charge < -0.3 is 15.8 Å². The molecule has 3 N–H and O–H groups in total. The summed E-state index contributed by atoms with van der Waals surface area (Å²) in [5.74, 6) is 0.588. The van der Waals surface area contributed by atoms with Crippen molar-refractivity contribution >= 4 is 22.3 Å². The zero-order chi connectivity index (χ0) is 13.1. The SMILES string of the molecule is Nc1ccc(NCC2CCCOC2)c2ncccc12. The van der Waals surface area contributed by atoms with Crippen molar-refractivity contribution in [2.75, 3.05) is 30.8 Å². The quantitative estimate of drug-likeness (QED) is 0.830. The Morgan fingerprint density at radius 3 is 3.16 bits per heavy atom. The van der Waals surface area contributed by atoms with Gasteiger partial charge in [0, 0.05) is 30.4 Å². The van der Waals surface area contributed by atoms with Crippen molar-refractivity contribution in [1.29, 1.82) is 0 Å². The van der Waals surface area contributed by atoms with Crippen molar-refractivity contribution in [3.05, 3.63) is 30.5 Å². The van der Waals surface area contributed by atoms with E-state index in [4.69, 9.17) is 10.5 Å². The van der Waals surface area contributed by atoms with E-state index in [9.17, 15) is 0 Å². The van der Waals surface area contributed by atoms with Crippen LogP contribution in [0.4, 0.5) is 11.4 Å². The van der Waals surface area contributed by atoms with Crippen LogP contribution in [-0.4, -0.2) is 24.7 Å². The summed E-state index contributed by atoms with van der Waals surface area (Å²) < 4.78 is 5.50. The second kappa shape index (κ2) is 5.45. The lowest BCUT2D eigenvalue weighted by Gasteiger charge is -2.23. The van der Waals surface area contributed by atoms with E-state index in [2.05, 4.69) is 10.3 Å². The molecule has 1 saturated heterocycles. The van der Waals surface area contributed by atoms with Crippen molar-refractivity contribution in [2.24, 2.45) is 5.92 Å². The highest BCUT2D eigenvalue weighted by Crippen LogP contribution is 2.26. The molecule has 1 aromatic heterocycles. The molecule has 1 aliphatic rings. The van der Waals surface area contributed by atoms with E-state index in [-0.39, 0.29) is 0 Å². The van der Waals surface area contributed by atoms with Gasteiger partial charge in [0.25, 0.3) is 0 Å². The Bertz CT molecular complexity index is 564. The Kier molecular flexibility index (Phi) is 3.51. The number of nitrogens with zero attached hydrogens (tertiary/aromatic N) is 1. The summed E-state index contributed by atoms with van der Waals surface area (Å²) in [5.41, 5.74) is 8.74. The Morgan fingerprint density at radius 1 is 1.37 bits per heavy atom. The first-order valence-corrected chi connectivity index (χ1v) is 6.79. The number of benzene rings is 1. The standard InChI is InChI=1S/C15H19N3O/c16-13-5-6-14(15-12(13)4-1-7-17-15)18-9-11-3-2-8-19-10-11/h1,4-7,11,18H,2-3,8-10,16H2. The molecule has 2 heterocycles. The van der Waals surface area contributed by atoms with Gasteiger partial charge in [-0.15, -0.1) is 0 Å². The van der Waals surface area contributed by atoms with Gasteiger partial charge in [0.1, 0.15) is 0 Å². The van der Waals surface area contributed by atoms with Gasteiger partial charge in [-0.05, 0) is 43.0 Å². The summed E-state index contributed by atoms with van der Waals surface area (Å²) in [6, 6.07) is 7.86. The number of nitrogens with one attached hydrogen (secondary N) is 1. The van der Waals surface area contributed by atoms with E-state index < -0.39 is 0 Å². The minimum Gasteiger partial charge on any atom is -0.398 e. The zero-order valence-corrected chi connectivity index (χ0v) is 10.9. The van der Waals surface area contributed by atoms with Gasteiger partial charge in [-0.1, -0.05) is 0 Å². The third-order valence-corrected chi connectivity index (χ3v) is 3.64. The number of ether oxygens (including phenoxy) is 1. The molecule has 0 saturated carbocycles. The molecular formula is C15H19N3O. The monoisotopic (exact) mass is 257 g/mol. The lowest BCUT2D eigenvalue weighted by Crippen LogP contribution is -2.24. The summed E-state index contributed by atoms with van der Waals surface area (Å²) in [7, 11) is 0. The molecule has 4 heteroatoms. The molecule has 0 amide bonds. The molecule has 1 aromatic carbocycles. The van der Waals surface area contributed by atoms with E-state index in [1.165, 1.54) is 6.42 Å². The van der Waals surface area contributed by atoms with Crippen LogP contribution in [-0.2, 0) is 4.74 Å². The molecule has 1 fully saturated rings. The largest absolute Gasteiger partial charge is 0.398 e. The second-order valence-electron chi connectivity index (χ2n) is 5.07. The maximum atomic E-state index is 5.98. The Hall–Kier alpha value is -1.81. The number of pyridine rings is 1. The predicted molar refractivity (Wildman–Crippen MR) is 78.2 cm³/mol. The minimum absolute atomic E-state index is 0.588. The van der Waals surface area contributed by atoms with Crippen molar-refractivity contribution in [2.45, 2.75) is 12.8 Å². The van der Waals surface area contributed by atoms with Gasteiger partial charge in [0.15, 0.2) is 0 Å². The molecule has 0 aliphatic carbocycles. The molecule has 0 bridgehead atoms. The molecule has 3 rings (SSSR count). The first-order chi connectivity index (χ1) is 9.34. The third-order valence-electron chi connectivity index (χ3n) is 3.64. The summed E-state index contributed by atoms with van der Waals surface area (Å²) in [6.07, 6.45) is 4.19. The van der Waals surface area contributed by atoms with Crippen molar-refractivity contribution < 1.29 is 4.74 Å². The number of fused-ring (bicyclic) bond motifs is 1. The topological polar surface area (TPSA) is 60.2 Å². The Morgan fingerprint density at radius 2 is 2.32 bits per heavy atom. The van der Waals surface area contributed by atoms with Crippen LogP contribution in [0.2, 0.25) is 0 Å². The molecule has 0 radical (unpaired) electrons. The summed E-state index contributed by atoms with van der Waals surface area (Å²) in [6.45, 7) is 2.69. The molecule has 19 heavy (non-hydrogen) atoms. The van der Waals surface area contributed by atoms with Crippen LogP contribution < -0.4 is 11.1 Å². The first-order valence-electron chi connectivity index (χ1n) is 6.79. The van der Waals surface area contributed by atoms with Crippen molar-refractivity contribution in [1.82, 2.24) is 4.98 Å². The van der Waals surface area contributed by atoms with Crippen LogP contribution in [0, 0.1) is 5.92 Å². The smallest absolute Gasteiger partial charge is 0.0953 e. The van der Waals surface area contributed by atoms with Gasteiger partial charge in [0.2, 0.25) is 0 Å². The van der Waals surface area contributed by atoms with Crippen LogP contribution in [0.3, 0.4) is 0 Å². The average molecular weight is 257 g/mol. The van der Waals surface area contributed by atoms with Gasteiger partial charge in [-0.2, -0.15) is 0 Å². The molecule has 2 aromatic rings. The maximum absolute atomic E-state index is 5.98. The van der Waals surface area contributed by atoms with Crippen LogP contribution in [0.1, 0.15) is 12.8 Å². The third kappa shape index (κ3) is 2.63. The molecular weight excluding hydrogens is 238 g/mol. The van der Waals surface area contributed by atoms with Crippen molar-refractivity contribution in [3.63, 3.8) is 0 Å². The fourth-order valence-electron chi connectivity index (χ4n) is 2.56. The molecule has 1 aliphatic heterocycles. The van der Waals surface area contributed by atoms with Crippen LogP contribution >= 0.6 is 0 Å². The van der Waals surface area contributed by atoms with Crippen LogP contribution in [0.25, 0.3) is 10.9 Å². The Labute approximate surface area is 113 Å². The highest BCUT2D eigenvalue weighted by atomic mass is 16.5. The summed E-state index contributed by atoms with van der Waals surface area (Å²) >= 11 is 0. The van der Waals surface area contributed by atoms with Crippen LogP contribution in [0.15, 0.2) is 30.5 Å². The number of nitrogen functional groups attached to an aromatic ring is 1. The highest BCUT2D eigenvalue weighted by molar-refractivity contribution is 5.98. The number of hydrogen-bond acceptors (Lipinski definition) is 4. The molecule has 1 atom stereocenters. The first kappa shape index (κ1) is 12.2. The second-order valence-corrected chi connectivity index (χ2v) is 5.07. The zero-order valence-electron chi connectivity index (χ0n) is 10.9. The Balaban J connectivity index is 1.79. The molecule has 100 valence electrons. The number of nitrogens with two attached hydrogens (primary N) is 1. The van der Waals surface area contributed by atoms with E-state index in [1.807, 2.05) is 24.3 Å². The summed E-state index contributed by atoms with van der Waals surface area (Å²) in [4.78, 5) is 4.43. The van der Waals surface area contributed by atoms with Gasteiger partial charge in [-0.25, -0.2) is 0 Å². The van der Waals surface area contributed by atoms with E-state index >= 15 is 0 Å². The number of hydrogen-bond donors (Lipinski definition) is 2. The van der Waals surface area contributed by atoms with Gasteiger partial charge >= 0.3 is 0 Å². The van der Waals surface area contributed by atoms with E-state index in [1.54, 1.807) is 6.20 Å². The fraction of sp³-hybridized carbons (Fsp3) is 0.400. The number of anilines is 2. The predicted octanol–water partition coefficient (Wildman–Crippen LogP) is 2.66. The minimum atomic E-state index is 0.588. The molecule has 4 nitrogen and oxygen atoms in total. The number of rotatable bonds is 3. The molecule has 1 unspecified atom stereocenters. The highest BCUT2D eigenvalue weighted by Gasteiger charge is 2.14. The fourth-order valence-corrected chi connectivity index (χ4v) is 2.56. The van der Waals surface area contributed by atoms with Gasteiger partial charge in [0.05, 0.1) is 17.8 Å². The normalized spacial score (nSPS) is 19.5. The number of aromatic nitrogens is 1. The average Bonchev–Trinajstić information content (AvgIpc) is 2.48. The lowest BCUT2D eigenvalue weighted by atomic mass is 10.0. The van der Waals surface area contributed by atoms with E-state index in [0.717, 1.165) is 48.5 Å². The maximum Gasteiger partial charge on any atom is 0.0953 e. The van der Waals surface area contributed by atoms with E-state index in [0.29, 0.717) is 5.92 Å². The van der Waals surface area contributed by atoms with Gasteiger partial charge in [-0.3, -0.25) is 4.98 Å². The lowest BCUT2D eigenvalue weighted by molar-refractivity contribution is 0.0595.